The number of hydrogen-bond donors (Lipinski definition) is 1. The van der Waals surface area contributed by atoms with E-state index >= 15 is 0 Å². The van der Waals surface area contributed by atoms with Crippen LogP contribution in [0.15, 0.2) is 11.2 Å². The molecular formula is C6H10N4. The molecule has 0 spiro atoms. The Bertz CT molecular complexity index is 225. The Labute approximate surface area is 59.6 Å². The van der Waals surface area contributed by atoms with Gasteiger partial charge in [0.2, 0.25) is 0 Å². The van der Waals surface area contributed by atoms with Crippen molar-refractivity contribution in [3.63, 3.8) is 0 Å². The fraction of sp³-hybridized carbons (Fsp3) is 0.333. The summed E-state index contributed by atoms with van der Waals surface area (Å²) in [4.78, 5) is 5.67. The van der Waals surface area contributed by atoms with Gasteiger partial charge in [-0.25, -0.2) is 4.99 Å². The Morgan fingerprint density at radius 1 is 1.70 bits per heavy atom. The van der Waals surface area contributed by atoms with Crippen LogP contribution in [0, 0.1) is 0 Å². The van der Waals surface area contributed by atoms with Gasteiger partial charge in [0.05, 0.1) is 6.20 Å². The van der Waals surface area contributed by atoms with E-state index in [4.69, 9.17) is 0 Å². The average molecular weight is 138 g/mol. The minimum Gasteiger partial charge on any atom is -0.373 e. The Morgan fingerprint density at radius 2 is 2.40 bits per heavy atom. The molecule has 1 heterocycles. The maximum Gasteiger partial charge on any atom is 0.171 e. The van der Waals surface area contributed by atoms with Crippen LogP contribution in [-0.2, 0) is 0 Å². The van der Waals surface area contributed by atoms with Crippen LogP contribution in [0.5, 0.6) is 0 Å². The second-order valence-corrected chi connectivity index (χ2v) is 2.16. The number of nitrogens with one attached hydrogen (secondary N) is 1. The Hall–Kier alpha value is -1.32. The van der Waals surface area contributed by atoms with Gasteiger partial charge in [-0.05, 0) is 6.72 Å². The monoisotopic (exact) mass is 138 g/mol. The molecule has 0 aromatic carbocycles. The van der Waals surface area contributed by atoms with Crippen LogP contribution < -0.4 is 4.90 Å². The molecule has 0 radical (unpaired) electrons. The normalized spacial score (nSPS) is 9.40. The van der Waals surface area contributed by atoms with E-state index in [1.54, 1.807) is 6.20 Å². The van der Waals surface area contributed by atoms with E-state index < -0.39 is 0 Å². The number of aromatic amines is 1. The van der Waals surface area contributed by atoms with Crippen LogP contribution in [0.3, 0.4) is 0 Å². The molecule has 0 bridgehead atoms. The third-order valence-corrected chi connectivity index (χ3v) is 1.24. The summed E-state index contributed by atoms with van der Waals surface area (Å²) in [5, 5.41) is 6.53. The molecule has 0 saturated heterocycles. The topological polar surface area (TPSA) is 44.3 Å². The van der Waals surface area contributed by atoms with Crippen molar-refractivity contribution in [1.29, 1.82) is 0 Å². The first kappa shape index (κ1) is 6.80. The highest BCUT2D eigenvalue weighted by Gasteiger charge is 2.02. The van der Waals surface area contributed by atoms with Gasteiger partial charge < -0.3 is 4.90 Å². The molecule has 1 aromatic rings. The summed E-state index contributed by atoms with van der Waals surface area (Å²) in [6.45, 7) is 3.40. The van der Waals surface area contributed by atoms with Crippen LogP contribution in [0.25, 0.3) is 0 Å². The predicted molar refractivity (Wildman–Crippen MR) is 42.1 cm³/mol. The lowest BCUT2D eigenvalue weighted by atomic mass is 10.5. The standard InChI is InChI=1S/C6H10N4/c1-7-6-5(10(2)3)4-8-9-6/h4H,1H2,2-3H3,(H,8,9). The number of H-pyrrole nitrogens is 1. The van der Waals surface area contributed by atoms with Crippen molar-refractivity contribution in [2.75, 3.05) is 19.0 Å². The number of nitrogens with zero attached hydrogens (tertiary/aromatic N) is 3. The molecule has 0 amide bonds. The van der Waals surface area contributed by atoms with E-state index in [1.807, 2.05) is 19.0 Å². The van der Waals surface area contributed by atoms with Gasteiger partial charge >= 0.3 is 0 Å². The molecule has 0 fully saturated rings. The molecular weight excluding hydrogens is 128 g/mol. The van der Waals surface area contributed by atoms with Crippen LogP contribution >= 0.6 is 0 Å². The van der Waals surface area contributed by atoms with Gasteiger partial charge in [-0.1, -0.05) is 0 Å². The van der Waals surface area contributed by atoms with E-state index in [1.165, 1.54) is 0 Å². The SMILES string of the molecule is C=Nc1[nH]ncc1N(C)C. The van der Waals surface area contributed by atoms with Gasteiger partial charge in [0.25, 0.3) is 0 Å². The summed E-state index contributed by atoms with van der Waals surface area (Å²) in [5.41, 5.74) is 0.954. The van der Waals surface area contributed by atoms with Crippen molar-refractivity contribution in [1.82, 2.24) is 10.2 Å². The van der Waals surface area contributed by atoms with Gasteiger partial charge in [-0.3, -0.25) is 5.10 Å². The van der Waals surface area contributed by atoms with Gasteiger partial charge in [-0.15, -0.1) is 0 Å². The fourth-order valence-electron chi connectivity index (χ4n) is 0.717. The lowest BCUT2D eigenvalue weighted by Crippen LogP contribution is -2.07. The lowest BCUT2D eigenvalue weighted by Gasteiger charge is -2.08. The average Bonchev–Trinajstić information content (AvgIpc) is 2.33. The molecule has 0 unspecified atom stereocenters. The van der Waals surface area contributed by atoms with E-state index in [9.17, 15) is 0 Å². The van der Waals surface area contributed by atoms with Crippen molar-refractivity contribution >= 4 is 18.2 Å². The highest BCUT2D eigenvalue weighted by molar-refractivity contribution is 5.62. The summed E-state index contributed by atoms with van der Waals surface area (Å²) >= 11 is 0. The summed E-state index contributed by atoms with van der Waals surface area (Å²) in [6.07, 6.45) is 1.71. The van der Waals surface area contributed by atoms with Crippen LogP contribution in [-0.4, -0.2) is 31.0 Å². The van der Waals surface area contributed by atoms with Crippen LogP contribution in [0.2, 0.25) is 0 Å². The van der Waals surface area contributed by atoms with Gasteiger partial charge in [-0.2, -0.15) is 5.10 Å². The summed E-state index contributed by atoms with van der Waals surface area (Å²) in [7, 11) is 3.86. The van der Waals surface area contributed by atoms with Crippen molar-refractivity contribution in [3.8, 4) is 0 Å². The number of anilines is 1. The van der Waals surface area contributed by atoms with Gasteiger partial charge in [0.15, 0.2) is 5.82 Å². The molecule has 54 valence electrons. The molecule has 1 aromatic heterocycles. The molecule has 0 aliphatic carbocycles. The molecule has 1 rings (SSSR count). The Balaban J connectivity index is 3.01. The first-order chi connectivity index (χ1) is 4.75. The highest BCUT2D eigenvalue weighted by atomic mass is 15.2. The van der Waals surface area contributed by atoms with Crippen molar-refractivity contribution in [3.05, 3.63) is 6.20 Å². The quantitative estimate of drug-likeness (QED) is 0.614. The first-order valence-electron chi connectivity index (χ1n) is 2.93. The maximum atomic E-state index is 3.81. The number of aromatic nitrogens is 2. The highest BCUT2D eigenvalue weighted by Crippen LogP contribution is 2.21. The van der Waals surface area contributed by atoms with E-state index in [2.05, 4.69) is 21.9 Å². The second-order valence-electron chi connectivity index (χ2n) is 2.16. The molecule has 1 N–H and O–H groups in total. The zero-order chi connectivity index (χ0) is 7.56. The van der Waals surface area contributed by atoms with Crippen molar-refractivity contribution < 1.29 is 0 Å². The molecule has 0 aliphatic rings. The Morgan fingerprint density at radius 3 is 2.80 bits per heavy atom. The number of rotatable bonds is 2. The molecule has 4 heteroatoms. The summed E-state index contributed by atoms with van der Waals surface area (Å²) in [6, 6.07) is 0. The van der Waals surface area contributed by atoms with E-state index in [-0.39, 0.29) is 0 Å². The third kappa shape index (κ3) is 1.00. The zero-order valence-corrected chi connectivity index (χ0v) is 6.13. The molecule has 0 saturated carbocycles. The molecule has 4 nitrogen and oxygen atoms in total. The Kier molecular flexibility index (Phi) is 1.71. The first-order valence-corrected chi connectivity index (χ1v) is 2.93. The minimum absolute atomic E-state index is 0.713. The summed E-state index contributed by atoms with van der Waals surface area (Å²) in [5.74, 6) is 0.713. The van der Waals surface area contributed by atoms with Crippen molar-refractivity contribution in [2.45, 2.75) is 0 Å². The number of hydrogen-bond acceptors (Lipinski definition) is 3. The predicted octanol–water partition coefficient (Wildman–Crippen LogP) is 0.808. The largest absolute Gasteiger partial charge is 0.373 e. The van der Waals surface area contributed by atoms with Crippen LogP contribution in [0.1, 0.15) is 0 Å². The smallest absolute Gasteiger partial charge is 0.171 e. The minimum atomic E-state index is 0.713. The molecule has 10 heavy (non-hydrogen) atoms. The molecule has 0 aliphatic heterocycles. The van der Waals surface area contributed by atoms with Gasteiger partial charge in [0.1, 0.15) is 5.69 Å². The van der Waals surface area contributed by atoms with Gasteiger partial charge in [0, 0.05) is 14.1 Å². The summed E-state index contributed by atoms with van der Waals surface area (Å²) < 4.78 is 0. The lowest BCUT2D eigenvalue weighted by molar-refractivity contribution is 1.08. The second kappa shape index (κ2) is 2.51. The van der Waals surface area contributed by atoms with E-state index in [0.29, 0.717) is 5.82 Å². The third-order valence-electron chi connectivity index (χ3n) is 1.24. The maximum absolute atomic E-state index is 3.81. The zero-order valence-electron chi connectivity index (χ0n) is 6.13. The fourth-order valence-corrected chi connectivity index (χ4v) is 0.717. The molecule has 0 atom stereocenters. The van der Waals surface area contributed by atoms with Crippen molar-refractivity contribution in [2.24, 2.45) is 4.99 Å². The van der Waals surface area contributed by atoms with E-state index in [0.717, 1.165) is 5.69 Å². The van der Waals surface area contributed by atoms with Crippen LogP contribution in [0.4, 0.5) is 11.5 Å². The number of aliphatic imine (C=N–C) groups is 1.